The van der Waals surface area contributed by atoms with Crippen LogP contribution in [0.5, 0.6) is 0 Å². The maximum atomic E-state index is 12.6. The predicted molar refractivity (Wildman–Crippen MR) is 105 cm³/mol. The summed E-state index contributed by atoms with van der Waals surface area (Å²) in [5, 5.41) is 0. The summed E-state index contributed by atoms with van der Waals surface area (Å²) in [6.45, 7) is 0. The first kappa shape index (κ1) is 17.6. The Balaban J connectivity index is 2.02. The van der Waals surface area contributed by atoms with E-state index in [1.807, 2.05) is 48.1 Å². The number of aryl methyl sites for hydroxylation is 1. The molecule has 126 valence electrons. The fourth-order valence-corrected chi connectivity index (χ4v) is 3.17. The molecule has 0 spiro atoms. The minimum atomic E-state index is -0.441. The highest BCUT2D eigenvalue weighted by Gasteiger charge is 2.17. The Morgan fingerprint density at radius 1 is 1.04 bits per heavy atom. The maximum absolute atomic E-state index is 12.6. The molecule has 0 N–H and O–H groups in total. The molecule has 0 fully saturated rings. The van der Waals surface area contributed by atoms with Crippen molar-refractivity contribution in [3.05, 3.63) is 86.8 Å². The molecule has 3 rings (SSSR count). The van der Waals surface area contributed by atoms with Gasteiger partial charge in [0.2, 0.25) is 0 Å². The van der Waals surface area contributed by atoms with Crippen molar-refractivity contribution in [1.29, 1.82) is 0 Å². The molecule has 0 bridgehead atoms. The molecule has 25 heavy (non-hydrogen) atoms. The number of hydrogen-bond donors (Lipinski definition) is 0. The minimum Gasteiger partial charge on any atom is -0.422 e. The van der Waals surface area contributed by atoms with Gasteiger partial charge in [0.25, 0.3) is 0 Å². The Morgan fingerprint density at radius 2 is 1.64 bits per heavy atom. The zero-order valence-corrected chi connectivity index (χ0v) is 16.5. The molecule has 0 saturated heterocycles. The molecule has 0 saturated carbocycles. The van der Waals surface area contributed by atoms with Crippen LogP contribution >= 0.6 is 31.9 Å². The van der Waals surface area contributed by atoms with E-state index in [1.165, 1.54) is 0 Å². The van der Waals surface area contributed by atoms with Crippen molar-refractivity contribution >= 4 is 49.7 Å². The molecule has 1 aromatic heterocycles. The Kier molecular flexibility index (Phi) is 5.50. The smallest absolute Gasteiger partial charge is 0.344 e. The lowest BCUT2D eigenvalue weighted by Crippen LogP contribution is -2.06. The summed E-state index contributed by atoms with van der Waals surface area (Å²) in [6.07, 6.45) is 5.27. The van der Waals surface area contributed by atoms with Gasteiger partial charge in [0.05, 0.1) is 5.56 Å². The molecule has 1 heterocycles. The van der Waals surface area contributed by atoms with Gasteiger partial charge in [-0.15, -0.1) is 0 Å². The molecule has 3 aromatic rings. The zero-order valence-electron chi connectivity index (χ0n) is 13.3. The van der Waals surface area contributed by atoms with E-state index in [9.17, 15) is 4.79 Å². The fourth-order valence-electron chi connectivity index (χ4n) is 2.24. The number of aromatic nitrogens is 2. The zero-order chi connectivity index (χ0) is 17.8. The van der Waals surface area contributed by atoms with Crippen molar-refractivity contribution < 1.29 is 9.53 Å². The van der Waals surface area contributed by atoms with Crippen LogP contribution in [0, 0.1) is 0 Å². The average molecular weight is 462 g/mol. The summed E-state index contributed by atoms with van der Waals surface area (Å²) in [6, 6.07) is 14.7. The highest BCUT2D eigenvalue weighted by atomic mass is 79.9. The number of imidazole rings is 1. The molecule has 0 radical (unpaired) electrons. The van der Waals surface area contributed by atoms with Crippen molar-refractivity contribution in [3.8, 4) is 0 Å². The van der Waals surface area contributed by atoms with E-state index in [4.69, 9.17) is 4.74 Å². The molecule has 0 aliphatic rings. The third-order valence-electron chi connectivity index (χ3n) is 3.55. The first-order chi connectivity index (χ1) is 12.1. The molecule has 0 atom stereocenters. The molecule has 0 aliphatic heterocycles. The van der Waals surface area contributed by atoms with Gasteiger partial charge >= 0.3 is 5.97 Å². The second-order valence-corrected chi connectivity index (χ2v) is 6.96. The number of nitrogens with zero attached hydrogens (tertiary/aromatic N) is 2. The SMILES string of the molecule is Cn1ccnc1C=C(OC(=O)c1ccccc1Br)c1ccccc1Br. The van der Waals surface area contributed by atoms with Crippen LogP contribution in [0.3, 0.4) is 0 Å². The number of esters is 1. The third-order valence-corrected chi connectivity index (χ3v) is 4.94. The summed E-state index contributed by atoms with van der Waals surface area (Å²) in [5.41, 5.74) is 1.23. The Labute approximate surface area is 162 Å². The third kappa shape index (κ3) is 4.08. The molecule has 0 aliphatic carbocycles. The normalized spacial score (nSPS) is 11.4. The summed E-state index contributed by atoms with van der Waals surface area (Å²) in [5.74, 6) is 0.664. The number of halogens is 2. The lowest BCUT2D eigenvalue weighted by molar-refractivity contribution is 0.0692. The highest BCUT2D eigenvalue weighted by Crippen LogP contribution is 2.28. The van der Waals surface area contributed by atoms with Crippen LogP contribution in [0.25, 0.3) is 11.8 Å². The Morgan fingerprint density at radius 3 is 2.20 bits per heavy atom. The molecular weight excluding hydrogens is 448 g/mol. The highest BCUT2D eigenvalue weighted by molar-refractivity contribution is 9.10. The molecule has 0 unspecified atom stereocenters. The van der Waals surface area contributed by atoms with Crippen molar-refractivity contribution in [3.63, 3.8) is 0 Å². The summed E-state index contributed by atoms with van der Waals surface area (Å²) >= 11 is 6.90. The lowest BCUT2D eigenvalue weighted by Gasteiger charge is -2.12. The van der Waals surface area contributed by atoms with Crippen LogP contribution in [0.2, 0.25) is 0 Å². The van der Waals surface area contributed by atoms with E-state index < -0.39 is 5.97 Å². The van der Waals surface area contributed by atoms with Crippen LogP contribution in [-0.4, -0.2) is 15.5 Å². The topological polar surface area (TPSA) is 44.1 Å². The fraction of sp³-hybridized carbons (Fsp3) is 0.0526. The van der Waals surface area contributed by atoms with Crippen LogP contribution < -0.4 is 0 Å². The Bertz CT molecular complexity index is 948. The number of rotatable bonds is 4. The quantitative estimate of drug-likeness (QED) is 0.391. The van der Waals surface area contributed by atoms with Gasteiger partial charge in [0.15, 0.2) is 0 Å². The van der Waals surface area contributed by atoms with Gasteiger partial charge in [-0.3, -0.25) is 0 Å². The van der Waals surface area contributed by atoms with Gasteiger partial charge in [0.1, 0.15) is 11.6 Å². The average Bonchev–Trinajstić information content (AvgIpc) is 3.00. The molecule has 0 amide bonds. The van der Waals surface area contributed by atoms with Gasteiger partial charge in [-0.2, -0.15) is 0 Å². The van der Waals surface area contributed by atoms with Gasteiger partial charge in [-0.1, -0.05) is 46.3 Å². The first-order valence-electron chi connectivity index (χ1n) is 7.47. The van der Waals surface area contributed by atoms with E-state index in [2.05, 4.69) is 36.8 Å². The van der Waals surface area contributed by atoms with Crippen molar-refractivity contribution in [2.24, 2.45) is 7.05 Å². The van der Waals surface area contributed by atoms with E-state index in [0.29, 0.717) is 21.6 Å². The maximum Gasteiger partial charge on any atom is 0.344 e. The van der Waals surface area contributed by atoms with Crippen molar-refractivity contribution in [2.75, 3.05) is 0 Å². The van der Waals surface area contributed by atoms with E-state index >= 15 is 0 Å². The molecular formula is C19H14Br2N2O2. The van der Waals surface area contributed by atoms with E-state index in [0.717, 1.165) is 10.0 Å². The lowest BCUT2D eigenvalue weighted by atomic mass is 10.1. The summed E-state index contributed by atoms with van der Waals surface area (Å²) in [7, 11) is 1.88. The number of ether oxygens (including phenoxy) is 1. The van der Waals surface area contributed by atoms with E-state index in [1.54, 1.807) is 30.5 Å². The molecule has 2 aromatic carbocycles. The van der Waals surface area contributed by atoms with Gasteiger partial charge in [-0.25, -0.2) is 9.78 Å². The van der Waals surface area contributed by atoms with Gasteiger partial charge < -0.3 is 9.30 Å². The number of hydrogen-bond acceptors (Lipinski definition) is 3. The minimum absolute atomic E-state index is 0.419. The Hall–Kier alpha value is -2.18. The van der Waals surface area contributed by atoms with Crippen molar-refractivity contribution in [2.45, 2.75) is 0 Å². The molecule has 6 heteroatoms. The summed E-state index contributed by atoms with van der Waals surface area (Å²) < 4.78 is 9.08. The van der Waals surface area contributed by atoms with Crippen molar-refractivity contribution in [1.82, 2.24) is 9.55 Å². The standard InChI is InChI=1S/C19H14Br2N2O2/c1-23-11-10-22-18(23)12-17(13-6-2-4-8-15(13)20)25-19(24)14-7-3-5-9-16(14)21/h2-12H,1H3. The predicted octanol–water partition coefficient (Wildman–Crippen LogP) is 5.30. The number of carbonyl (C=O) groups is 1. The molecule has 4 nitrogen and oxygen atoms in total. The van der Waals surface area contributed by atoms with Crippen LogP contribution in [0.15, 0.2) is 69.9 Å². The number of carbonyl (C=O) groups excluding carboxylic acids is 1. The van der Waals surface area contributed by atoms with Gasteiger partial charge in [-0.05, 0) is 34.1 Å². The second-order valence-electron chi connectivity index (χ2n) is 5.25. The van der Waals surface area contributed by atoms with Gasteiger partial charge in [0, 0.05) is 40.0 Å². The first-order valence-corrected chi connectivity index (χ1v) is 9.05. The largest absolute Gasteiger partial charge is 0.422 e. The summed E-state index contributed by atoms with van der Waals surface area (Å²) in [4.78, 5) is 16.9. The van der Waals surface area contributed by atoms with Crippen LogP contribution in [0.4, 0.5) is 0 Å². The van der Waals surface area contributed by atoms with E-state index in [-0.39, 0.29) is 0 Å². The monoisotopic (exact) mass is 460 g/mol. The number of benzene rings is 2. The second kappa shape index (κ2) is 7.80. The van der Waals surface area contributed by atoms with Crippen LogP contribution in [0.1, 0.15) is 21.7 Å². The van der Waals surface area contributed by atoms with Crippen LogP contribution in [-0.2, 0) is 11.8 Å².